The van der Waals surface area contributed by atoms with E-state index in [4.69, 9.17) is 9.47 Å². The van der Waals surface area contributed by atoms with Crippen molar-refractivity contribution in [1.29, 1.82) is 0 Å². The number of amides is 1. The quantitative estimate of drug-likeness (QED) is 0.639. The van der Waals surface area contributed by atoms with Gasteiger partial charge in [-0.1, -0.05) is 0 Å². The van der Waals surface area contributed by atoms with Crippen molar-refractivity contribution in [1.82, 2.24) is 0 Å². The fraction of sp³-hybridized carbons (Fsp3) is 0.263. The van der Waals surface area contributed by atoms with Crippen molar-refractivity contribution in [3.8, 4) is 11.5 Å². The van der Waals surface area contributed by atoms with Crippen molar-refractivity contribution in [3.63, 3.8) is 0 Å². The second-order valence-electron chi connectivity index (χ2n) is 6.76. The fourth-order valence-electron chi connectivity index (χ4n) is 2.74. The highest BCUT2D eigenvalue weighted by molar-refractivity contribution is 6.02. The predicted octanol–water partition coefficient (Wildman–Crippen LogP) is 3.36. The van der Waals surface area contributed by atoms with E-state index in [2.05, 4.69) is 5.32 Å². The van der Waals surface area contributed by atoms with Crippen molar-refractivity contribution < 1.29 is 24.0 Å². The van der Waals surface area contributed by atoms with Gasteiger partial charge in [-0.25, -0.2) is 0 Å². The Morgan fingerprint density at radius 1 is 1.26 bits per heavy atom. The van der Waals surface area contributed by atoms with Gasteiger partial charge in [0.2, 0.25) is 0 Å². The largest absolute Gasteiger partial charge is 0.487 e. The molecule has 1 N–H and O–H groups in total. The molecule has 1 aliphatic heterocycles. The molecule has 0 atom stereocenters. The Labute approximate surface area is 155 Å². The van der Waals surface area contributed by atoms with E-state index in [1.165, 1.54) is 24.3 Å². The monoisotopic (exact) mass is 370 g/mol. The lowest BCUT2D eigenvalue weighted by molar-refractivity contribution is -0.384. The number of carbonyl (C=O) groups excluding carboxylic acids is 2. The van der Waals surface area contributed by atoms with Crippen LogP contribution in [0.15, 0.2) is 42.5 Å². The Kier molecular flexibility index (Phi) is 4.81. The zero-order valence-electron chi connectivity index (χ0n) is 14.9. The number of ether oxygens (including phenoxy) is 2. The van der Waals surface area contributed by atoms with Gasteiger partial charge < -0.3 is 14.8 Å². The topological polar surface area (TPSA) is 108 Å². The number of non-ortho nitro benzene ring substituents is 1. The molecule has 1 amide bonds. The van der Waals surface area contributed by atoms with Crippen LogP contribution < -0.4 is 14.8 Å². The lowest BCUT2D eigenvalue weighted by Crippen LogP contribution is -2.35. The van der Waals surface area contributed by atoms with Crippen LogP contribution in [-0.4, -0.2) is 28.8 Å². The second kappa shape index (κ2) is 7.06. The van der Waals surface area contributed by atoms with Crippen molar-refractivity contribution in [2.45, 2.75) is 25.9 Å². The van der Waals surface area contributed by atoms with Gasteiger partial charge in [-0.15, -0.1) is 0 Å². The van der Waals surface area contributed by atoms with Crippen molar-refractivity contribution in [2.24, 2.45) is 0 Å². The SMILES string of the molecule is CC1(C)CC(=O)c2cc(NC(=O)COc3ccc([N+](=O)[O-])cc3)ccc2O1. The number of nitrogens with zero attached hydrogens (tertiary/aromatic N) is 1. The summed E-state index contributed by atoms with van der Waals surface area (Å²) in [6.45, 7) is 3.42. The molecule has 3 rings (SSSR count). The molecule has 0 radical (unpaired) electrons. The molecular weight excluding hydrogens is 352 g/mol. The molecule has 27 heavy (non-hydrogen) atoms. The third-order valence-electron chi connectivity index (χ3n) is 3.95. The second-order valence-corrected chi connectivity index (χ2v) is 6.76. The third-order valence-corrected chi connectivity index (χ3v) is 3.95. The summed E-state index contributed by atoms with van der Waals surface area (Å²) in [5.74, 6) is 0.376. The summed E-state index contributed by atoms with van der Waals surface area (Å²) < 4.78 is 11.1. The maximum Gasteiger partial charge on any atom is 0.269 e. The van der Waals surface area contributed by atoms with Crippen LogP contribution in [0.3, 0.4) is 0 Å². The first kappa shape index (κ1) is 18.4. The van der Waals surface area contributed by atoms with E-state index in [1.54, 1.807) is 18.2 Å². The number of anilines is 1. The minimum Gasteiger partial charge on any atom is -0.487 e. The van der Waals surface area contributed by atoms with E-state index >= 15 is 0 Å². The van der Waals surface area contributed by atoms with Crippen LogP contribution in [0.2, 0.25) is 0 Å². The van der Waals surface area contributed by atoms with Crippen molar-refractivity contribution in [2.75, 3.05) is 11.9 Å². The van der Waals surface area contributed by atoms with Crippen LogP contribution >= 0.6 is 0 Å². The van der Waals surface area contributed by atoms with E-state index in [0.29, 0.717) is 22.7 Å². The lowest BCUT2D eigenvalue weighted by atomic mass is 9.93. The molecule has 0 spiro atoms. The van der Waals surface area contributed by atoms with Gasteiger partial charge in [-0.2, -0.15) is 0 Å². The Balaban J connectivity index is 1.61. The summed E-state index contributed by atoms with van der Waals surface area (Å²) in [6, 6.07) is 10.3. The molecule has 1 heterocycles. The molecule has 1 aliphatic rings. The number of nitro benzene ring substituents is 1. The molecule has 0 aromatic heterocycles. The van der Waals surface area contributed by atoms with Gasteiger partial charge in [0.15, 0.2) is 12.4 Å². The summed E-state index contributed by atoms with van der Waals surface area (Å²) in [6.07, 6.45) is 0.265. The lowest BCUT2D eigenvalue weighted by Gasteiger charge is -2.31. The van der Waals surface area contributed by atoms with Crippen LogP contribution in [0.4, 0.5) is 11.4 Å². The molecule has 2 aromatic carbocycles. The van der Waals surface area contributed by atoms with Crippen LogP contribution in [0, 0.1) is 10.1 Å². The van der Waals surface area contributed by atoms with Gasteiger partial charge in [0.05, 0.1) is 16.9 Å². The minimum absolute atomic E-state index is 0.0421. The number of ketones is 1. The molecule has 140 valence electrons. The van der Waals surface area contributed by atoms with Gasteiger partial charge in [0.1, 0.15) is 17.1 Å². The van der Waals surface area contributed by atoms with E-state index in [0.717, 1.165) is 0 Å². The molecule has 0 bridgehead atoms. The molecule has 0 saturated heterocycles. The summed E-state index contributed by atoms with van der Waals surface area (Å²) in [5, 5.41) is 13.3. The van der Waals surface area contributed by atoms with Crippen LogP contribution in [0.25, 0.3) is 0 Å². The normalized spacial score (nSPS) is 14.7. The van der Waals surface area contributed by atoms with Gasteiger partial charge in [0.25, 0.3) is 11.6 Å². The highest BCUT2D eigenvalue weighted by atomic mass is 16.6. The van der Waals surface area contributed by atoms with Gasteiger partial charge in [-0.05, 0) is 44.2 Å². The van der Waals surface area contributed by atoms with Gasteiger partial charge in [-0.3, -0.25) is 19.7 Å². The number of rotatable bonds is 5. The smallest absolute Gasteiger partial charge is 0.269 e. The maximum absolute atomic E-state index is 12.3. The summed E-state index contributed by atoms with van der Waals surface area (Å²) in [7, 11) is 0. The van der Waals surface area contributed by atoms with Crippen LogP contribution in [0.1, 0.15) is 30.6 Å². The van der Waals surface area contributed by atoms with E-state index < -0.39 is 16.4 Å². The number of hydrogen-bond donors (Lipinski definition) is 1. The molecule has 8 heteroatoms. The van der Waals surface area contributed by atoms with E-state index in [-0.39, 0.29) is 24.5 Å². The number of nitro groups is 1. The summed E-state index contributed by atoms with van der Waals surface area (Å²) in [4.78, 5) is 34.4. The molecule has 0 fully saturated rings. The Morgan fingerprint density at radius 3 is 2.63 bits per heavy atom. The number of fused-ring (bicyclic) bond motifs is 1. The Hall–Kier alpha value is -3.42. The van der Waals surface area contributed by atoms with Gasteiger partial charge in [0, 0.05) is 17.8 Å². The molecule has 0 unspecified atom stereocenters. The molecule has 2 aromatic rings. The highest BCUT2D eigenvalue weighted by Crippen LogP contribution is 2.34. The standard InChI is InChI=1S/C19H18N2O6/c1-19(2)10-16(22)15-9-12(3-8-17(15)27-19)20-18(23)11-26-14-6-4-13(5-7-14)21(24)25/h3-9H,10-11H2,1-2H3,(H,20,23). The first-order valence-electron chi connectivity index (χ1n) is 8.27. The summed E-state index contributed by atoms with van der Waals surface area (Å²) in [5.41, 5.74) is 0.287. The third kappa shape index (κ3) is 4.41. The molecule has 8 nitrogen and oxygen atoms in total. The van der Waals surface area contributed by atoms with Crippen LogP contribution in [0.5, 0.6) is 11.5 Å². The molecule has 0 aliphatic carbocycles. The average Bonchev–Trinajstić information content (AvgIpc) is 2.60. The number of hydrogen-bond acceptors (Lipinski definition) is 6. The average molecular weight is 370 g/mol. The van der Waals surface area contributed by atoms with Crippen molar-refractivity contribution in [3.05, 3.63) is 58.1 Å². The number of nitrogens with one attached hydrogen (secondary N) is 1. The Morgan fingerprint density at radius 2 is 1.96 bits per heavy atom. The van der Waals surface area contributed by atoms with E-state index in [9.17, 15) is 19.7 Å². The van der Waals surface area contributed by atoms with E-state index in [1.807, 2.05) is 13.8 Å². The molecule has 0 saturated carbocycles. The number of Topliss-reactive ketones (excluding diaryl/α,β-unsaturated/α-hetero) is 1. The predicted molar refractivity (Wildman–Crippen MR) is 97.3 cm³/mol. The zero-order chi connectivity index (χ0) is 19.6. The fourth-order valence-corrected chi connectivity index (χ4v) is 2.74. The molecular formula is C19H18N2O6. The highest BCUT2D eigenvalue weighted by Gasteiger charge is 2.32. The summed E-state index contributed by atoms with van der Waals surface area (Å²) >= 11 is 0. The van der Waals surface area contributed by atoms with Crippen LogP contribution in [-0.2, 0) is 4.79 Å². The van der Waals surface area contributed by atoms with Gasteiger partial charge >= 0.3 is 0 Å². The first-order chi connectivity index (χ1) is 12.7. The first-order valence-corrected chi connectivity index (χ1v) is 8.27. The number of carbonyl (C=O) groups is 2. The van der Waals surface area contributed by atoms with Crippen molar-refractivity contribution >= 4 is 23.1 Å². The Bertz CT molecular complexity index is 905. The zero-order valence-corrected chi connectivity index (χ0v) is 14.9. The number of benzene rings is 2. The maximum atomic E-state index is 12.3. The minimum atomic E-state index is -0.548.